The summed E-state index contributed by atoms with van der Waals surface area (Å²) in [6.07, 6.45) is 0. The molecule has 0 N–H and O–H groups in total. The van der Waals surface area contributed by atoms with Crippen molar-refractivity contribution < 1.29 is 0 Å². The monoisotopic (exact) mass is 158 g/mol. The van der Waals surface area contributed by atoms with E-state index in [9.17, 15) is 0 Å². The molecule has 0 aliphatic heterocycles. The second kappa shape index (κ2) is 3.92. The Kier molecular flexibility index (Phi) is 3.92. The Morgan fingerprint density at radius 1 is 1.11 bits per heavy atom. The first-order chi connectivity index (χ1) is 3.79. The van der Waals surface area contributed by atoms with Crippen molar-refractivity contribution in [1.29, 1.82) is 0 Å². The molecule has 1 unspecified atom stereocenters. The molecule has 0 saturated heterocycles. The fraction of sp³-hybridized carbons (Fsp3) is 0.143. The summed E-state index contributed by atoms with van der Waals surface area (Å²) in [5.41, 5.74) is 1.32. The van der Waals surface area contributed by atoms with Gasteiger partial charge in [0.1, 0.15) is 0 Å². The summed E-state index contributed by atoms with van der Waals surface area (Å²) in [6.45, 7) is 2.09. The van der Waals surface area contributed by atoms with E-state index < -0.39 is 0 Å². The third-order valence-corrected chi connectivity index (χ3v) is 1.46. The van der Waals surface area contributed by atoms with E-state index in [1.54, 1.807) is 0 Å². The van der Waals surface area contributed by atoms with Crippen LogP contribution < -0.4 is 5.30 Å². The van der Waals surface area contributed by atoms with Gasteiger partial charge in [0, 0.05) is 0 Å². The fourth-order valence-electron chi connectivity index (χ4n) is 0.566. The first kappa shape index (κ1) is 9.00. The minimum atomic E-state index is 0. The predicted molar refractivity (Wildman–Crippen MR) is 50.9 cm³/mol. The normalized spacial score (nSPS) is 8.22. The molecule has 0 saturated carbocycles. The summed E-state index contributed by atoms with van der Waals surface area (Å²) in [7, 11) is 2.65. The van der Waals surface area contributed by atoms with Crippen molar-refractivity contribution in [3.8, 4) is 0 Å². The minimum absolute atomic E-state index is 0. The van der Waals surface area contributed by atoms with Gasteiger partial charge in [-0.05, 0) is 12.2 Å². The van der Waals surface area contributed by atoms with E-state index in [-0.39, 0.29) is 13.5 Å². The van der Waals surface area contributed by atoms with Gasteiger partial charge in [-0.25, -0.2) is 0 Å². The van der Waals surface area contributed by atoms with E-state index in [2.05, 4.69) is 40.4 Å². The maximum atomic E-state index is 2.65. The molecule has 0 amide bonds. The number of hydrogen-bond acceptors (Lipinski definition) is 0. The highest BCUT2D eigenvalue weighted by Crippen LogP contribution is 1.94. The lowest BCUT2D eigenvalue weighted by molar-refractivity contribution is 1.49. The van der Waals surface area contributed by atoms with E-state index in [1.165, 1.54) is 10.9 Å². The van der Waals surface area contributed by atoms with Crippen molar-refractivity contribution >= 4 is 28.0 Å². The molecule has 0 fully saturated rings. The van der Waals surface area contributed by atoms with Crippen LogP contribution in [-0.4, -0.2) is 0 Å². The van der Waals surface area contributed by atoms with Gasteiger partial charge >= 0.3 is 0 Å². The van der Waals surface area contributed by atoms with Crippen LogP contribution in [0.4, 0.5) is 0 Å². The summed E-state index contributed by atoms with van der Waals surface area (Å²) >= 11 is 0. The number of rotatable bonds is 0. The Morgan fingerprint density at radius 2 is 1.56 bits per heavy atom. The van der Waals surface area contributed by atoms with Gasteiger partial charge in [0.15, 0.2) is 0 Å². The molecule has 9 heavy (non-hydrogen) atoms. The third-order valence-electron chi connectivity index (χ3n) is 1.08. The van der Waals surface area contributed by atoms with Crippen molar-refractivity contribution in [1.82, 2.24) is 0 Å². The molecular formula is C7H11PS. The topological polar surface area (TPSA) is 0 Å². The lowest BCUT2D eigenvalue weighted by Gasteiger charge is -1.89. The predicted octanol–water partition coefficient (Wildman–Crippen LogP) is 1.61. The van der Waals surface area contributed by atoms with Crippen LogP contribution >= 0.6 is 22.7 Å². The average molecular weight is 158 g/mol. The lowest BCUT2D eigenvalue weighted by atomic mass is 10.2. The van der Waals surface area contributed by atoms with Gasteiger partial charge in [-0.1, -0.05) is 29.8 Å². The zero-order valence-electron chi connectivity index (χ0n) is 5.39. The first-order valence-corrected chi connectivity index (χ1v) is 3.19. The Bertz CT molecular complexity index is 148. The van der Waals surface area contributed by atoms with Gasteiger partial charge < -0.3 is 0 Å². The molecule has 0 aliphatic carbocycles. The van der Waals surface area contributed by atoms with Crippen molar-refractivity contribution in [2.75, 3.05) is 0 Å². The van der Waals surface area contributed by atoms with Crippen LogP contribution in [0.5, 0.6) is 0 Å². The SMILES string of the molecule is Cc1ccc(P)cc1.S. The van der Waals surface area contributed by atoms with Crippen LogP contribution in [0.1, 0.15) is 5.56 Å². The van der Waals surface area contributed by atoms with Crippen molar-refractivity contribution in [2.24, 2.45) is 0 Å². The van der Waals surface area contributed by atoms with E-state index in [0.717, 1.165) is 0 Å². The van der Waals surface area contributed by atoms with Gasteiger partial charge in [0.2, 0.25) is 0 Å². The Balaban J connectivity index is 0.000000640. The van der Waals surface area contributed by atoms with E-state index in [4.69, 9.17) is 0 Å². The molecule has 1 aromatic carbocycles. The summed E-state index contributed by atoms with van der Waals surface area (Å²) in [4.78, 5) is 0. The Morgan fingerprint density at radius 3 is 1.89 bits per heavy atom. The van der Waals surface area contributed by atoms with Gasteiger partial charge in [0.25, 0.3) is 0 Å². The van der Waals surface area contributed by atoms with Crippen molar-refractivity contribution in [2.45, 2.75) is 6.92 Å². The highest BCUT2D eigenvalue weighted by atomic mass is 32.1. The Hall–Kier alpha value is -0.0000000000000000555. The number of aryl methyl sites for hydroxylation is 1. The summed E-state index contributed by atoms with van der Waals surface area (Å²) in [5, 5.41) is 1.25. The minimum Gasteiger partial charge on any atom is -0.197 e. The molecule has 1 atom stereocenters. The molecule has 2 heteroatoms. The van der Waals surface area contributed by atoms with Gasteiger partial charge in [-0.15, -0.1) is 9.24 Å². The standard InChI is InChI=1S/C7H9P.H2S/c1-6-2-4-7(8)5-3-6;/h2-5H,8H2,1H3;1H2. The maximum absolute atomic E-state index is 2.65. The molecule has 1 aromatic rings. The Labute approximate surface area is 65.3 Å². The maximum Gasteiger partial charge on any atom is -0.0302 e. The third kappa shape index (κ3) is 2.88. The molecule has 0 bridgehead atoms. The second-order valence-corrected chi connectivity index (χ2v) is 2.58. The van der Waals surface area contributed by atoms with Crippen LogP contribution in [-0.2, 0) is 0 Å². The second-order valence-electron chi connectivity index (χ2n) is 1.91. The van der Waals surface area contributed by atoms with E-state index in [0.29, 0.717) is 0 Å². The summed E-state index contributed by atoms with van der Waals surface area (Å²) in [5.74, 6) is 0. The van der Waals surface area contributed by atoms with Crippen molar-refractivity contribution in [3.63, 3.8) is 0 Å². The van der Waals surface area contributed by atoms with Crippen LogP contribution in [0.2, 0.25) is 0 Å². The van der Waals surface area contributed by atoms with E-state index >= 15 is 0 Å². The quantitative estimate of drug-likeness (QED) is 0.503. The number of benzene rings is 1. The molecule has 0 heterocycles. The van der Waals surface area contributed by atoms with Gasteiger partial charge in [-0.2, -0.15) is 13.5 Å². The average Bonchev–Trinajstić information content (AvgIpc) is 1.77. The largest absolute Gasteiger partial charge is 0.197 e. The molecular weight excluding hydrogens is 147 g/mol. The first-order valence-electron chi connectivity index (χ1n) is 2.61. The molecule has 0 aliphatic rings. The van der Waals surface area contributed by atoms with Crippen molar-refractivity contribution in [3.05, 3.63) is 29.8 Å². The highest BCUT2D eigenvalue weighted by Gasteiger charge is 1.79. The highest BCUT2D eigenvalue weighted by molar-refractivity contribution is 7.59. The molecule has 0 spiro atoms. The molecule has 50 valence electrons. The lowest BCUT2D eigenvalue weighted by Crippen LogP contribution is -1.85. The zero-order valence-corrected chi connectivity index (χ0v) is 7.54. The van der Waals surface area contributed by atoms with Crippen LogP contribution in [0.25, 0.3) is 0 Å². The van der Waals surface area contributed by atoms with Crippen LogP contribution in [0, 0.1) is 6.92 Å². The van der Waals surface area contributed by atoms with Crippen LogP contribution in [0.15, 0.2) is 24.3 Å². The van der Waals surface area contributed by atoms with E-state index in [1.807, 2.05) is 0 Å². The van der Waals surface area contributed by atoms with Gasteiger partial charge in [-0.3, -0.25) is 0 Å². The zero-order chi connectivity index (χ0) is 5.98. The summed E-state index contributed by atoms with van der Waals surface area (Å²) < 4.78 is 0. The van der Waals surface area contributed by atoms with Crippen LogP contribution in [0.3, 0.4) is 0 Å². The molecule has 0 nitrogen and oxygen atoms in total. The smallest absolute Gasteiger partial charge is 0.0302 e. The molecule has 0 aromatic heterocycles. The molecule has 0 radical (unpaired) electrons. The fourth-order valence-corrected chi connectivity index (χ4v) is 0.759. The summed E-state index contributed by atoms with van der Waals surface area (Å²) in [6, 6.07) is 8.37. The molecule has 1 rings (SSSR count). The number of hydrogen-bond donors (Lipinski definition) is 0. The van der Waals surface area contributed by atoms with Gasteiger partial charge in [0.05, 0.1) is 0 Å².